The van der Waals surface area contributed by atoms with E-state index >= 15 is 0 Å². The monoisotopic (exact) mass is 379 g/mol. The van der Waals surface area contributed by atoms with Crippen LogP contribution in [0.4, 0.5) is 5.69 Å². The highest BCUT2D eigenvalue weighted by atomic mass is 16.5. The van der Waals surface area contributed by atoms with E-state index in [9.17, 15) is 0 Å². The first-order valence-electron chi connectivity index (χ1n) is 11.3. The molecule has 3 rings (SSSR count). The van der Waals surface area contributed by atoms with Gasteiger partial charge in [0, 0.05) is 0 Å². The van der Waals surface area contributed by atoms with E-state index in [1.54, 1.807) is 0 Å². The molecule has 2 aromatic carbocycles. The number of para-hydroxylation sites is 2. The van der Waals surface area contributed by atoms with Crippen LogP contribution in [0.25, 0.3) is 0 Å². The summed E-state index contributed by atoms with van der Waals surface area (Å²) in [6, 6.07) is 16.7. The molecule has 0 radical (unpaired) electrons. The summed E-state index contributed by atoms with van der Waals surface area (Å²) >= 11 is 0. The summed E-state index contributed by atoms with van der Waals surface area (Å²) in [5.41, 5.74) is 9.35. The van der Waals surface area contributed by atoms with Gasteiger partial charge < -0.3 is 10.5 Å². The highest BCUT2D eigenvalue weighted by Crippen LogP contribution is 2.37. The van der Waals surface area contributed by atoms with E-state index in [0.717, 1.165) is 17.6 Å². The maximum Gasteiger partial charge on any atom is 0.142 e. The zero-order chi connectivity index (χ0) is 19.6. The molecule has 0 spiro atoms. The van der Waals surface area contributed by atoms with Gasteiger partial charge in [-0.1, -0.05) is 81.8 Å². The molecule has 1 aliphatic carbocycles. The van der Waals surface area contributed by atoms with Crippen molar-refractivity contribution >= 4 is 5.69 Å². The highest BCUT2D eigenvalue weighted by molar-refractivity contribution is 5.51. The highest BCUT2D eigenvalue weighted by Gasteiger charge is 2.22. The molecular weight excluding hydrogens is 342 g/mol. The van der Waals surface area contributed by atoms with Gasteiger partial charge in [-0.25, -0.2) is 0 Å². The van der Waals surface area contributed by atoms with Gasteiger partial charge in [-0.3, -0.25) is 0 Å². The third kappa shape index (κ3) is 6.29. The second-order valence-electron chi connectivity index (χ2n) is 8.49. The number of hydrogen-bond acceptors (Lipinski definition) is 2. The molecule has 2 heteroatoms. The van der Waals surface area contributed by atoms with E-state index in [1.165, 1.54) is 75.3 Å². The largest absolute Gasteiger partial charge is 0.487 e. The molecule has 2 aromatic rings. The van der Waals surface area contributed by atoms with Gasteiger partial charge in [0.2, 0.25) is 0 Å². The van der Waals surface area contributed by atoms with Crippen LogP contribution < -0.4 is 10.5 Å². The fourth-order valence-electron chi connectivity index (χ4n) is 4.48. The molecular formula is C26H37NO. The minimum atomic E-state index is 0.569. The fraction of sp³-hybridized carbons (Fsp3) is 0.538. The van der Waals surface area contributed by atoms with Gasteiger partial charge in [0.1, 0.15) is 12.4 Å². The molecule has 28 heavy (non-hydrogen) atoms. The van der Waals surface area contributed by atoms with Gasteiger partial charge in [0.05, 0.1) is 5.69 Å². The van der Waals surface area contributed by atoms with E-state index in [2.05, 4.69) is 31.2 Å². The Kier molecular flexibility index (Phi) is 8.26. The predicted octanol–water partition coefficient (Wildman–Crippen LogP) is 7.48. The normalized spacial score (nSPS) is 19.5. The first kappa shape index (κ1) is 20.8. The van der Waals surface area contributed by atoms with Crippen molar-refractivity contribution in [3.8, 4) is 5.75 Å². The van der Waals surface area contributed by atoms with E-state index < -0.39 is 0 Å². The van der Waals surface area contributed by atoms with Crippen LogP contribution in [0.5, 0.6) is 5.75 Å². The van der Waals surface area contributed by atoms with E-state index in [4.69, 9.17) is 10.5 Å². The van der Waals surface area contributed by atoms with Crippen LogP contribution in [-0.2, 0) is 6.61 Å². The summed E-state index contributed by atoms with van der Waals surface area (Å²) in [5, 5.41) is 0. The molecule has 2 N–H and O–H groups in total. The molecule has 0 aliphatic heterocycles. The molecule has 0 unspecified atom stereocenters. The second kappa shape index (κ2) is 11.1. The van der Waals surface area contributed by atoms with Crippen LogP contribution in [0, 0.1) is 5.92 Å². The second-order valence-corrected chi connectivity index (χ2v) is 8.49. The van der Waals surface area contributed by atoms with E-state index in [1.807, 2.05) is 24.3 Å². The molecule has 0 saturated heterocycles. The average Bonchev–Trinajstić information content (AvgIpc) is 2.74. The van der Waals surface area contributed by atoms with Crippen LogP contribution in [0.3, 0.4) is 0 Å². The van der Waals surface area contributed by atoms with Crippen molar-refractivity contribution < 1.29 is 4.74 Å². The number of nitrogen functional groups attached to an aromatic ring is 1. The van der Waals surface area contributed by atoms with Crippen molar-refractivity contribution in [2.45, 2.75) is 83.7 Å². The number of hydrogen-bond donors (Lipinski definition) is 1. The summed E-state index contributed by atoms with van der Waals surface area (Å²) in [4.78, 5) is 0. The number of unbranched alkanes of at least 4 members (excludes halogenated alkanes) is 4. The van der Waals surface area contributed by atoms with Gasteiger partial charge in [-0.15, -0.1) is 0 Å². The standard InChI is InChI=1S/C26H37NO/c1-2-3-4-5-6-9-21-12-16-23(17-13-21)24-18-14-22(15-19-24)20-28-26-11-8-7-10-25(26)27/h7-8,10-11,14-15,18-19,21,23H,2-6,9,12-13,16-17,20,27H2,1H3. The smallest absolute Gasteiger partial charge is 0.142 e. The average molecular weight is 380 g/mol. The Morgan fingerprint density at radius 1 is 0.857 bits per heavy atom. The minimum absolute atomic E-state index is 0.569. The van der Waals surface area contributed by atoms with Gasteiger partial charge in [0.15, 0.2) is 0 Å². The summed E-state index contributed by atoms with van der Waals surface area (Å²) in [6.07, 6.45) is 14.1. The number of ether oxygens (including phenoxy) is 1. The van der Waals surface area contributed by atoms with E-state index in [0.29, 0.717) is 12.3 Å². The van der Waals surface area contributed by atoms with Crippen molar-refractivity contribution in [3.63, 3.8) is 0 Å². The van der Waals surface area contributed by atoms with Gasteiger partial charge in [-0.2, -0.15) is 0 Å². The molecule has 0 heterocycles. The summed E-state index contributed by atoms with van der Waals surface area (Å²) < 4.78 is 5.86. The number of anilines is 1. The lowest BCUT2D eigenvalue weighted by atomic mass is 9.77. The first-order valence-corrected chi connectivity index (χ1v) is 11.3. The lowest BCUT2D eigenvalue weighted by molar-refractivity contribution is 0.301. The van der Waals surface area contributed by atoms with Crippen LogP contribution in [-0.4, -0.2) is 0 Å². The topological polar surface area (TPSA) is 35.2 Å². The molecule has 0 atom stereocenters. The quantitative estimate of drug-likeness (QED) is 0.343. The zero-order valence-electron chi connectivity index (χ0n) is 17.5. The molecule has 1 fully saturated rings. The predicted molar refractivity (Wildman–Crippen MR) is 120 cm³/mol. The Bertz CT molecular complexity index is 686. The van der Waals surface area contributed by atoms with Crippen molar-refractivity contribution in [1.29, 1.82) is 0 Å². The van der Waals surface area contributed by atoms with Crippen LogP contribution >= 0.6 is 0 Å². The Morgan fingerprint density at radius 2 is 1.57 bits per heavy atom. The SMILES string of the molecule is CCCCCCCC1CCC(c2ccc(COc3ccccc3N)cc2)CC1. The Morgan fingerprint density at radius 3 is 2.29 bits per heavy atom. The van der Waals surface area contributed by atoms with Crippen LogP contribution in [0.2, 0.25) is 0 Å². The minimum Gasteiger partial charge on any atom is -0.487 e. The zero-order valence-corrected chi connectivity index (χ0v) is 17.5. The van der Waals surface area contributed by atoms with Crippen molar-refractivity contribution in [2.75, 3.05) is 5.73 Å². The molecule has 152 valence electrons. The summed E-state index contributed by atoms with van der Waals surface area (Å²) in [6.45, 7) is 2.86. The Hall–Kier alpha value is -1.96. The van der Waals surface area contributed by atoms with Crippen LogP contribution in [0.1, 0.15) is 88.2 Å². The third-order valence-corrected chi connectivity index (χ3v) is 6.33. The molecule has 1 saturated carbocycles. The van der Waals surface area contributed by atoms with Crippen molar-refractivity contribution in [1.82, 2.24) is 0 Å². The molecule has 1 aliphatic rings. The number of rotatable bonds is 10. The van der Waals surface area contributed by atoms with Crippen LogP contribution in [0.15, 0.2) is 48.5 Å². The van der Waals surface area contributed by atoms with Gasteiger partial charge in [0.25, 0.3) is 0 Å². The maximum atomic E-state index is 5.94. The fourth-order valence-corrected chi connectivity index (χ4v) is 4.48. The summed E-state index contributed by atoms with van der Waals surface area (Å²) in [5.74, 6) is 2.48. The maximum absolute atomic E-state index is 5.94. The number of nitrogens with two attached hydrogens (primary N) is 1. The van der Waals surface area contributed by atoms with Gasteiger partial charge >= 0.3 is 0 Å². The van der Waals surface area contributed by atoms with Crippen molar-refractivity contribution in [3.05, 3.63) is 59.7 Å². The molecule has 0 amide bonds. The lowest BCUT2D eigenvalue weighted by Gasteiger charge is -2.29. The molecule has 0 aromatic heterocycles. The molecule has 0 bridgehead atoms. The van der Waals surface area contributed by atoms with E-state index in [-0.39, 0.29) is 0 Å². The number of benzene rings is 2. The Balaban J connectivity index is 1.40. The van der Waals surface area contributed by atoms with Gasteiger partial charge in [-0.05, 0) is 60.8 Å². The first-order chi connectivity index (χ1) is 13.8. The summed E-state index contributed by atoms with van der Waals surface area (Å²) in [7, 11) is 0. The lowest BCUT2D eigenvalue weighted by Crippen LogP contribution is -2.13. The third-order valence-electron chi connectivity index (χ3n) is 6.33. The molecule has 2 nitrogen and oxygen atoms in total. The van der Waals surface area contributed by atoms with Crippen molar-refractivity contribution in [2.24, 2.45) is 5.92 Å². The Labute approximate surface area is 171 Å².